The zero-order chi connectivity index (χ0) is 36.1. The SMILES string of the molecule is CCCCCCC/C=C\CCCCCCCC(=O)NCCOP(=O)(O)OCC(O)COC(=O)CCCCCCCCCCCCCCCC. The highest BCUT2D eigenvalue weighted by Crippen LogP contribution is 2.42. The first-order valence-electron chi connectivity index (χ1n) is 20.2. The van der Waals surface area contributed by atoms with Gasteiger partial charge in [0.15, 0.2) is 0 Å². The third-order valence-electron chi connectivity index (χ3n) is 8.70. The van der Waals surface area contributed by atoms with Crippen LogP contribution >= 0.6 is 7.82 Å². The fraction of sp³-hybridized carbons (Fsp3) is 0.897. The maximum atomic E-state index is 12.1. The van der Waals surface area contributed by atoms with Gasteiger partial charge in [0.25, 0.3) is 0 Å². The van der Waals surface area contributed by atoms with Crippen LogP contribution in [0, 0.1) is 0 Å². The Bertz CT molecular complexity index is 825. The van der Waals surface area contributed by atoms with Crippen LogP contribution in [0.25, 0.3) is 0 Å². The van der Waals surface area contributed by atoms with Crippen LogP contribution in [0.5, 0.6) is 0 Å². The van der Waals surface area contributed by atoms with Crippen LogP contribution in [-0.4, -0.2) is 54.3 Å². The van der Waals surface area contributed by atoms with Crippen LogP contribution in [0.3, 0.4) is 0 Å². The van der Waals surface area contributed by atoms with Crippen LogP contribution in [0.15, 0.2) is 12.2 Å². The molecule has 290 valence electrons. The molecule has 0 radical (unpaired) electrons. The van der Waals surface area contributed by atoms with Crippen molar-refractivity contribution in [3.8, 4) is 0 Å². The Hall–Kier alpha value is -1.25. The number of aliphatic hydroxyl groups excluding tert-OH is 1. The van der Waals surface area contributed by atoms with Crippen molar-refractivity contribution in [1.29, 1.82) is 0 Å². The number of rotatable bonds is 38. The molecule has 0 aliphatic heterocycles. The highest BCUT2D eigenvalue weighted by Gasteiger charge is 2.23. The van der Waals surface area contributed by atoms with Gasteiger partial charge < -0.3 is 20.1 Å². The number of hydrogen-bond donors (Lipinski definition) is 3. The lowest BCUT2D eigenvalue weighted by Crippen LogP contribution is -2.27. The smallest absolute Gasteiger partial charge is 0.463 e. The van der Waals surface area contributed by atoms with Crippen molar-refractivity contribution in [2.45, 2.75) is 200 Å². The molecule has 49 heavy (non-hydrogen) atoms. The lowest BCUT2D eigenvalue weighted by molar-refractivity contribution is -0.147. The van der Waals surface area contributed by atoms with E-state index in [1.165, 1.54) is 122 Å². The third-order valence-corrected chi connectivity index (χ3v) is 9.68. The second kappa shape index (κ2) is 36.5. The molecule has 0 fully saturated rings. The molecule has 0 aliphatic rings. The predicted molar refractivity (Wildman–Crippen MR) is 201 cm³/mol. The van der Waals surface area contributed by atoms with Gasteiger partial charge in [-0.2, -0.15) is 0 Å². The second-order valence-electron chi connectivity index (χ2n) is 13.6. The Labute approximate surface area is 300 Å². The molecule has 1 amide bonds. The molecule has 0 aromatic rings. The molecule has 10 heteroatoms. The number of unbranched alkanes of at least 4 members (excludes halogenated alkanes) is 23. The summed E-state index contributed by atoms with van der Waals surface area (Å²) in [6.07, 6.45) is 35.6. The number of carbonyl (C=O) groups is 2. The molecule has 0 spiro atoms. The van der Waals surface area contributed by atoms with Crippen molar-refractivity contribution in [3.63, 3.8) is 0 Å². The highest BCUT2D eigenvalue weighted by molar-refractivity contribution is 7.47. The zero-order valence-corrected chi connectivity index (χ0v) is 32.5. The van der Waals surface area contributed by atoms with Gasteiger partial charge in [0.05, 0.1) is 13.2 Å². The van der Waals surface area contributed by atoms with Crippen LogP contribution in [0.4, 0.5) is 0 Å². The number of phosphoric acid groups is 1. The van der Waals surface area contributed by atoms with E-state index in [1.807, 2.05) is 0 Å². The molecule has 2 atom stereocenters. The van der Waals surface area contributed by atoms with Gasteiger partial charge in [0.1, 0.15) is 12.7 Å². The number of amides is 1. The third kappa shape index (κ3) is 37.8. The summed E-state index contributed by atoms with van der Waals surface area (Å²) in [6.45, 7) is 3.54. The summed E-state index contributed by atoms with van der Waals surface area (Å²) < 4.78 is 26.8. The Morgan fingerprint density at radius 1 is 0.612 bits per heavy atom. The van der Waals surface area contributed by atoms with E-state index in [9.17, 15) is 24.2 Å². The first kappa shape index (κ1) is 47.8. The molecule has 0 heterocycles. The number of phosphoric ester groups is 1. The Balaban J connectivity index is 3.60. The van der Waals surface area contributed by atoms with Crippen molar-refractivity contribution in [3.05, 3.63) is 12.2 Å². The topological polar surface area (TPSA) is 131 Å². The summed E-state index contributed by atoms with van der Waals surface area (Å²) in [5.74, 6) is -0.519. The fourth-order valence-corrected chi connectivity index (χ4v) is 6.37. The number of esters is 1. The van der Waals surface area contributed by atoms with E-state index in [2.05, 4.69) is 31.3 Å². The molecule has 0 aromatic carbocycles. The van der Waals surface area contributed by atoms with E-state index < -0.39 is 26.5 Å². The Kier molecular flexibility index (Phi) is 35.6. The molecule has 0 aromatic heterocycles. The maximum absolute atomic E-state index is 12.1. The molecule has 2 unspecified atom stereocenters. The van der Waals surface area contributed by atoms with Crippen molar-refractivity contribution in [1.82, 2.24) is 5.32 Å². The minimum Gasteiger partial charge on any atom is -0.463 e. The van der Waals surface area contributed by atoms with E-state index in [4.69, 9.17) is 13.8 Å². The average molecular weight is 718 g/mol. The summed E-state index contributed by atoms with van der Waals surface area (Å²) >= 11 is 0. The van der Waals surface area contributed by atoms with Crippen molar-refractivity contribution >= 4 is 19.7 Å². The lowest BCUT2D eigenvalue weighted by atomic mass is 10.0. The quantitative estimate of drug-likeness (QED) is 0.0249. The summed E-state index contributed by atoms with van der Waals surface area (Å²) in [6, 6.07) is 0. The molecular weight excluding hydrogens is 641 g/mol. The minimum atomic E-state index is -4.41. The summed E-state index contributed by atoms with van der Waals surface area (Å²) in [5.41, 5.74) is 0. The first-order valence-corrected chi connectivity index (χ1v) is 21.7. The van der Waals surface area contributed by atoms with Crippen molar-refractivity contribution in [2.75, 3.05) is 26.4 Å². The molecule has 0 saturated carbocycles. The molecule has 3 N–H and O–H groups in total. The Morgan fingerprint density at radius 3 is 1.53 bits per heavy atom. The molecular formula is C39H76NO8P. The second-order valence-corrected chi connectivity index (χ2v) is 15.1. The van der Waals surface area contributed by atoms with Crippen LogP contribution in [-0.2, 0) is 27.9 Å². The molecule has 0 saturated heterocycles. The predicted octanol–water partition coefficient (Wildman–Crippen LogP) is 10.7. The molecule has 0 bridgehead atoms. The Morgan fingerprint density at radius 2 is 1.04 bits per heavy atom. The number of allylic oxidation sites excluding steroid dienone is 2. The summed E-state index contributed by atoms with van der Waals surface area (Å²) in [5, 5.41) is 12.7. The monoisotopic (exact) mass is 718 g/mol. The van der Waals surface area contributed by atoms with Gasteiger partial charge in [-0.05, 0) is 38.5 Å². The summed E-state index contributed by atoms with van der Waals surface area (Å²) in [7, 11) is -4.41. The number of aliphatic hydroxyl groups is 1. The molecule has 0 aliphatic carbocycles. The van der Waals surface area contributed by atoms with E-state index >= 15 is 0 Å². The van der Waals surface area contributed by atoms with Crippen molar-refractivity contribution in [2.24, 2.45) is 0 Å². The van der Waals surface area contributed by atoms with Gasteiger partial charge in [0.2, 0.25) is 5.91 Å². The van der Waals surface area contributed by atoms with E-state index in [0.717, 1.165) is 44.9 Å². The summed E-state index contributed by atoms with van der Waals surface area (Å²) in [4.78, 5) is 33.8. The zero-order valence-electron chi connectivity index (χ0n) is 31.7. The van der Waals surface area contributed by atoms with Crippen LogP contribution < -0.4 is 5.32 Å². The van der Waals surface area contributed by atoms with Crippen LogP contribution in [0.2, 0.25) is 0 Å². The number of ether oxygens (including phenoxy) is 1. The minimum absolute atomic E-state index is 0.0805. The number of carbonyl (C=O) groups excluding carboxylic acids is 2. The van der Waals surface area contributed by atoms with E-state index in [-0.39, 0.29) is 32.1 Å². The van der Waals surface area contributed by atoms with Gasteiger partial charge in [-0.3, -0.25) is 18.6 Å². The van der Waals surface area contributed by atoms with Gasteiger partial charge in [-0.1, -0.05) is 154 Å². The molecule has 9 nitrogen and oxygen atoms in total. The average Bonchev–Trinajstić information content (AvgIpc) is 3.08. The first-order chi connectivity index (χ1) is 23.8. The van der Waals surface area contributed by atoms with Crippen molar-refractivity contribution < 1.29 is 37.9 Å². The van der Waals surface area contributed by atoms with Gasteiger partial charge >= 0.3 is 13.8 Å². The normalized spacial score (nSPS) is 13.5. The maximum Gasteiger partial charge on any atom is 0.472 e. The molecule has 0 rings (SSSR count). The van der Waals surface area contributed by atoms with E-state index in [0.29, 0.717) is 6.42 Å². The van der Waals surface area contributed by atoms with Gasteiger partial charge in [0, 0.05) is 19.4 Å². The number of nitrogens with one attached hydrogen (secondary N) is 1. The fourth-order valence-electron chi connectivity index (χ4n) is 5.61. The standard InChI is InChI=1S/C39H76NO8P/c1-3-5-7-9-11-13-15-17-19-21-23-25-27-29-31-38(42)40-33-34-47-49(44,45)48-36-37(41)35-46-39(43)32-30-28-26-24-22-20-18-16-14-12-10-8-6-4-2/h15,17,37,41H,3-14,16,18-36H2,1-2H3,(H,40,42)(H,44,45)/b17-15-. The van der Waals surface area contributed by atoms with Gasteiger partial charge in [-0.25, -0.2) is 4.57 Å². The van der Waals surface area contributed by atoms with E-state index in [1.54, 1.807) is 0 Å². The highest BCUT2D eigenvalue weighted by atomic mass is 31.2. The number of hydrogen-bond acceptors (Lipinski definition) is 7. The van der Waals surface area contributed by atoms with Crippen LogP contribution in [0.1, 0.15) is 194 Å². The van der Waals surface area contributed by atoms with Gasteiger partial charge in [-0.15, -0.1) is 0 Å². The lowest BCUT2D eigenvalue weighted by Gasteiger charge is -2.15. The largest absolute Gasteiger partial charge is 0.472 e.